The molecule has 0 saturated heterocycles. The zero-order valence-corrected chi connectivity index (χ0v) is 8.21. The molecule has 1 N–H and O–H groups in total. The molecule has 0 aliphatic carbocycles. The summed E-state index contributed by atoms with van der Waals surface area (Å²) in [5.74, 6) is 0.0503. The zero-order chi connectivity index (χ0) is 10.8. The number of allylic oxidation sites excluding steroid dienone is 1. The van der Waals surface area contributed by atoms with Crippen LogP contribution in [0.3, 0.4) is 0 Å². The van der Waals surface area contributed by atoms with E-state index in [-0.39, 0.29) is 5.91 Å². The SMILES string of the molecule is C=C(C#N)c1ccc2c(c1)CCC(=O)N2. The van der Waals surface area contributed by atoms with Crippen molar-refractivity contribution >= 4 is 17.2 Å². The number of nitrogens with one attached hydrogen (secondary N) is 1. The second-order valence-corrected chi connectivity index (χ2v) is 3.51. The third-order valence-electron chi connectivity index (χ3n) is 2.48. The lowest BCUT2D eigenvalue weighted by Crippen LogP contribution is -2.18. The Morgan fingerprint density at radius 2 is 2.27 bits per heavy atom. The molecule has 0 aromatic heterocycles. The first-order chi connectivity index (χ1) is 7.20. The van der Waals surface area contributed by atoms with Crippen LogP contribution in [0.2, 0.25) is 0 Å². The van der Waals surface area contributed by atoms with Gasteiger partial charge in [-0.05, 0) is 29.7 Å². The van der Waals surface area contributed by atoms with E-state index in [0.29, 0.717) is 12.0 Å². The first kappa shape index (κ1) is 9.47. The molecule has 1 aromatic carbocycles. The summed E-state index contributed by atoms with van der Waals surface area (Å²) >= 11 is 0. The van der Waals surface area contributed by atoms with Gasteiger partial charge in [0.05, 0.1) is 11.6 Å². The second-order valence-electron chi connectivity index (χ2n) is 3.51. The molecule has 0 fully saturated rings. The van der Waals surface area contributed by atoms with Crippen LogP contribution in [-0.4, -0.2) is 5.91 Å². The Morgan fingerprint density at radius 3 is 3.00 bits per heavy atom. The van der Waals surface area contributed by atoms with Gasteiger partial charge in [-0.25, -0.2) is 0 Å². The third kappa shape index (κ3) is 1.75. The van der Waals surface area contributed by atoms with E-state index >= 15 is 0 Å². The maximum atomic E-state index is 11.1. The Hall–Kier alpha value is -2.08. The lowest BCUT2D eigenvalue weighted by molar-refractivity contribution is -0.116. The number of hydrogen-bond acceptors (Lipinski definition) is 2. The third-order valence-corrected chi connectivity index (χ3v) is 2.48. The first-order valence-corrected chi connectivity index (χ1v) is 4.73. The van der Waals surface area contributed by atoms with Gasteiger partial charge in [-0.2, -0.15) is 5.26 Å². The highest BCUT2D eigenvalue weighted by Crippen LogP contribution is 2.25. The van der Waals surface area contributed by atoms with Crippen molar-refractivity contribution in [1.29, 1.82) is 5.26 Å². The molecule has 1 amide bonds. The number of rotatable bonds is 1. The fourth-order valence-electron chi connectivity index (χ4n) is 1.64. The van der Waals surface area contributed by atoms with Gasteiger partial charge in [0, 0.05) is 12.1 Å². The molecular weight excluding hydrogens is 188 g/mol. The van der Waals surface area contributed by atoms with Gasteiger partial charge >= 0.3 is 0 Å². The number of benzene rings is 1. The van der Waals surface area contributed by atoms with Crippen LogP contribution in [0.5, 0.6) is 0 Å². The van der Waals surface area contributed by atoms with Crippen LogP contribution < -0.4 is 5.32 Å². The van der Waals surface area contributed by atoms with Gasteiger partial charge < -0.3 is 5.32 Å². The van der Waals surface area contributed by atoms with E-state index in [2.05, 4.69) is 11.9 Å². The number of anilines is 1. The molecule has 74 valence electrons. The number of carbonyl (C=O) groups is 1. The Kier molecular flexibility index (Phi) is 2.26. The van der Waals surface area contributed by atoms with E-state index in [1.54, 1.807) is 6.07 Å². The van der Waals surface area contributed by atoms with E-state index in [9.17, 15) is 4.79 Å². The number of nitriles is 1. The standard InChI is InChI=1S/C12H10N2O/c1-8(7-13)9-2-4-11-10(6-9)3-5-12(15)14-11/h2,4,6H,1,3,5H2,(H,14,15). The normalized spacial score (nSPS) is 13.7. The maximum absolute atomic E-state index is 11.1. The first-order valence-electron chi connectivity index (χ1n) is 4.73. The summed E-state index contributed by atoms with van der Waals surface area (Å²) in [5, 5.41) is 11.5. The van der Waals surface area contributed by atoms with E-state index < -0.39 is 0 Å². The molecule has 0 spiro atoms. The highest BCUT2D eigenvalue weighted by atomic mass is 16.1. The fraction of sp³-hybridized carbons (Fsp3) is 0.167. The van der Waals surface area contributed by atoms with Crippen molar-refractivity contribution < 1.29 is 4.79 Å². The van der Waals surface area contributed by atoms with Crippen molar-refractivity contribution in [3.05, 3.63) is 35.9 Å². The topological polar surface area (TPSA) is 52.9 Å². The Balaban J connectivity index is 2.40. The average Bonchev–Trinajstić information content (AvgIpc) is 2.27. The predicted molar refractivity (Wildman–Crippen MR) is 58.0 cm³/mol. The van der Waals surface area contributed by atoms with Crippen molar-refractivity contribution in [3.8, 4) is 6.07 Å². The monoisotopic (exact) mass is 198 g/mol. The van der Waals surface area contributed by atoms with Gasteiger partial charge in [0.2, 0.25) is 5.91 Å². The van der Waals surface area contributed by atoms with Crippen molar-refractivity contribution in [2.75, 3.05) is 5.32 Å². The van der Waals surface area contributed by atoms with Gasteiger partial charge in [0.15, 0.2) is 0 Å². The van der Waals surface area contributed by atoms with Crippen molar-refractivity contribution in [1.82, 2.24) is 0 Å². The second kappa shape index (κ2) is 3.58. The molecule has 0 radical (unpaired) electrons. The molecule has 1 aromatic rings. The molecule has 3 heteroatoms. The summed E-state index contributed by atoms with van der Waals surface area (Å²) in [5.41, 5.74) is 3.20. The number of hydrogen-bond donors (Lipinski definition) is 1. The predicted octanol–water partition coefficient (Wildman–Crippen LogP) is 2.11. The quantitative estimate of drug-likeness (QED) is 0.702. The summed E-state index contributed by atoms with van der Waals surface area (Å²) in [6.07, 6.45) is 1.24. The molecule has 0 atom stereocenters. The fourth-order valence-corrected chi connectivity index (χ4v) is 1.64. The van der Waals surface area contributed by atoms with Gasteiger partial charge in [-0.1, -0.05) is 12.6 Å². The smallest absolute Gasteiger partial charge is 0.224 e. The van der Waals surface area contributed by atoms with Gasteiger partial charge in [-0.15, -0.1) is 0 Å². The Bertz CT molecular complexity index is 483. The number of amides is 1. The number of fused-ring (bicyclic) bond motifs is 1. The van der Waals surface area contributed by atoms with Crippen LogP contribution in [0.1, 0.15) is 17.5 Å². The average molecular weight is 198 g/mol. The highest BCUT2D eigenvalue weighted by molar-refractivity contribution is 5.94. The van der Waals surface area contributed by atoms with Crippen molar-refractivity contribution in [2.24, 2.45) is 0 Å². The molecular formula is C12H10N2O. The van der Waals surface area contributed by atoms with Gasteiger partial charge in [-0.3, -0.25) is 4.79 Å². The summed E-state index contributed by atoms with van der Waals surface area (Å²) < 4.78 is 0. The van der Waals surface area contributed by atoms with E-state index in [1.165, 1.54) is 0 Å². The van der Waals surface area contributed by atoms with Crippen molar-refractivity contribution in [3.63, 3.8) is 0 Å². The van der Waals surface area contributed by atoms with Crippen LogP contribution in [-0.2, 0) is 11.2 Å². The number of nitrogens with zero attached hydrogens (tertiary/aromatic N) is 1. The van der Waals surface area contributed by atoms with Gasteiger partial charge in [0.1, 0.15) is 0 Å². The molecule has 0 saturated carbocycles. The molecule has 1 heterocycles. The zero-order valence-electron chi connectivity index (χ0n) is 8.21. The molecule has 1 aliphatic rings. The molecule has 2 rings (SSSR count). The molecule has 15 heavy (non-hydrogen) atoms. The molecule has 0 unspecified atom stereocenters. The minimum Gasteiger partial charge on any atom is -0.326 e. The van der Waals surface area contributed by atoms with Crippen LogP contribution in [0.15, 0.2) is 24.8 Å². The van der Waals surface area contributed by atoms with E-state index in [0.717, 1.165) is 23.2 Å². The molecule has 1 aliphatic heterocycles. The van der Waals surface area contributed by atoms with E-state index in [1.807, 2.05) is 18.2 Å². The Labute approximate surface area is 88.0 Å². The molecule has 3 nitrogen and oxygen atoms in total. The summed E-state index contributed by atoms with van der Waals surface area (Å²) in [6.45, 7) is 3.66. The lowest BCUT2D eigenvalue weighted by Gasteiger charge is -2.17. The van der Waals surface area contributed by atoms with Crippen molar-refractivity contribution in [2.45, 2.75) is 12.8 Å². The van der Waals surface area contributed by atoms with Crippen LogP contribution in [0.25, 0.3) is 5.57 Å². The maximum Gasteiger partial charge on any atom is 0.224 e. The number of aryl methyl sites for hydroxylation is 1. The minimum absolute atomic E-state index is 0.0503. The van der Waals surface area contributed by atoms with Crippen LogP contribution in [0.4, 0.5) is 5.69 Å². The highest BCUT2D eigenvalue weighted by Gasteiger charge is 2.14. The summed E-state index contributed by atoms with van der Waals surface area (Å²) in [6, 6.07) is 7.56. The van der Waals surface area contributed by atoms with Crippen LogP contribution in [0, 0.1) is 11.3 Å². The minimum atomic E-state index is 0.0503. The van der Waals surface area contributed by atoms with Crippen LogP contribution >= 0.6 is 0 Å². The summed E-state index contributed by atoms with van der Waals surface area (Å²) in [7, 11) is 0. The van der Waals surface area contributed by atoms with E-state index in [4.69, 9.17) is 5.26 Å². The molecule has 0 bridgehead atoms. The lowest BCUT2D eigenvalue weighted by atomic mass is 9.98. The number of carbonyl (C=O) groups excluding carboxylic acids is 1. The summed E-state index contributed by atoms with van der Waals surface area (Å²) in [4.78, 5) is 11.1. The largest absolute Gasteiger partial charge is 0.326 e. The van der Waals surface area contributed by atoms with Gasteiger partial charge in [0.25, 0.3) is 0 Å². The Morgan fingerprint density at radius 1 is 1.47 bits per heavy atom.